The van der Waals surface area contributed by atoms with E-state index in [0.717, 1.165) is 16.8 Å². The van der Waals surface area contributed by atoms with E-state index >= 15 is 0 Å². The third kappa shape index (κ3) is 3.42. The average Bonchev–Trinajstić information content (AvgIpc) is 2.42. The molecular weight excluding hydrogens is 266 g/mol. The predicted molar refractivity (Wildman–Crippen MR) is 89.2 cm³/mol. The molecule has 2 aromatic rings. The molecule has 0 amide bonds. The molecular formula is C16H17N3S. The summed E-state index contributed by atoms with van der Waals surface area (Å²) in [6.45, 7) is 4.07. The molecule has 0 saturated carbocycles. The van der Waals surface area contributed by atoms with Gasteiger partial charge in [-0.05, 0) is 49.3 Å². The van der Waals surface area contributed by atoms with Crippen LogP contribution in [0, 0.1) is 13.8 Å². The van der Waals surface area contributed by atoms with Crippen molar-refractivity contribution in [3.63, 3.8) is 0 Å². The number of aryl methyl sites for hydroxylation is 2. The van der Waals surface area contributed by atoms with Gasteiger partial charge in [-0.2, -0.15) is 5.10 Å². The zero-order valence-electron chi connectivity index (χ0n) is 11.6. The molecule has 3 nitrogen and oxygen atoms in total. The highest BCUT2D eigenvalue weighted by Crippen LogP contribution is 2.15. The summed E-state index contributed by atoms with van der Waals surface area (Å²) in [6, 6.07) is 15.9. The predicted octanol–water partition coefficient (Wildman–Crippen LogP) is 3.39. The summed E-state index contributed by atoms with van der Waals surface area (Å²) >= 11 is 5.07. The summed E-state index contributed by atoms with van der Waals surface area (Å²) < 4.78 is 0. The van der Waals surface area contributed by atoms with E-state index in [-0.39, 0.29) is 5.11 Å². The first-order chi connectivity index (χ1) is 9.58. The van der Waals surface area contributed by atoms with Gasteiger partial charge >= 0.3 is 0 Å². The zero-order valence-corrected chi connectivity index (χ0v) is 12.4. The van der Waals surface area contributed by atoms with Gasteiger partial charge < -0.3 is 5.73 Å². The summed E-state index contributed by atoms with van der Waals surface area (Å²) in [5, 5.41) is 6.17. The normalized spacial score (nSPS) is 10.7. The molecule has 0 unspecified atom stereocenters. The minimum atomic E-state index is 0.221. The van der Waals surface area contributed by atoms with Crippen molar-refractivity contribution < 1.29 is 0 Å². The second kappa shape index (κ2) is 6.30. The number of hydrogen-bond acceptors (Lipinski definition) is 2. The van der Waals surface area contributed by atoms with E-state index in [9.17, 15) is 0 Å². The summed E-state index contributed by atoms with van der Waals surface area (Å²) in [7, 11) is 0. The highest BCUT2D eigenvalue weighted by atomic mass is 32.1. The molecule has 2 rings (SSSR count). The number of hydrazone groups is 1. The molecule has 0 aliphatic rings. The molecule has 102 valence electrons. The van der Waals surface area contributed by atoms with Crippen LogP contribution in [-0.2, 0) is 0 Å². The highest BCUT2D eigenvalue weighted by Gasteiger charge is 2.07. The molecule has 0 aliphatic carbocycles. The first-order valence-electron chi connectivity index (χ1n) is 6.34. The Bertz CT molecular complexity index is 632. The minimum absolute atomic E-state index is 0.221. The van der Waals surface area contributed by atoms with Crippen molar-refractivity contribution in [2.45, 2.75) is 13.8 Å². The van der Waals surface area contributed by atoms with Crippen molar-refractivity contribution in [1.29, 1.82) is 0 Å². The van der Waals surface area contributed by atoms with Gasteiger partial charge in [0.05, 0.1) is 11.9 Å². The van der Waals surface area contributed by atoms with Crippen LogP contribution in [0.5, 0.6) is 0 Å². The van der Waals surface area contributed by atoms with E-state index in [4.69, 9.17) is 18.0 Å². The van der Waals surface area contributed by atoms with Crippen LogP contribution in [0.25, 0.3) is 0 Å². The molecule has 0 saturated heterocycles. The number of benzene rings is 2. The maximum absolute atomic E-state index is 5.75. The minimum Gasteiger partial charge on any atom is -0.374 e. The Morgan fingerprint density at radius 2 is 1.75 bits per heavy atom. The first-order valence-corrected chi connectivity index (χ1v) is 6.74. The lowest BCUT2D eigenvalue weighted by molar-refractivity contribution is 1.13. The van der Waals surface area contributed by atoms with Crippen LogP contribution in [-0.4, -0.2) is 11.3 Å². The number of rotatable bonds is 3. The second-order valence-electron chi connectivity index (χ2n) is 4.59. The molecule has 0 atom stereocenters. The Kier molecular flexibility index (Phi) is 4.48. The van der Waals surface area contributed by atoms with Crippen LogP contribution in [0.2, 0.25) is 0 Å². The summed E-state index contributed by atoms with van der Waals surface area (Å²) in [5.74, 6) is 0. The Labute approximate surface area is 124 Å². The van der Waals surface area contributed by atoms with Crippen molar-refractivity contribution in [3.8, 4) is 0 Å². The molecule has 0 aliphatic heterocycles. The number of hydrogen-bond donors (Lipinski definition) is 1. The van der Waals surface area contributed by atoms with E-state index in [1.807, 2.05) is 62.4 Å². The smallest absolute Gasteiger partial charge is 0.191 e. The summed E-state index contributed by atoms with van der Waals surface area (Å²) in [5.41, 5.74) is 9.99. The molecule has 0 radical (unpaired) electrons. The number of nitrogens with two attached hydrogens (primary N) is 1. The maximum Gasteiger partial charge on any atom is 0.191 e. The average molecular weight is 283 g/mol. The van der Waals surface area contributed by atoms with Gasteiger partial charge in [-0.25, -0.2) is 5.01 Å². The Hall–Kier alpha value is -2.20. The van der Waals surface area contributed by atoms with Crippen molar-refractivity contribution in [2.24, 2.45) is 10.8 Å². The molecule has 0 spiro atoms. The second-order valence-corrected chi connectivity index (χ2v) is 5.01. The van der Waals surface area contributed by atoms with Crippen LogP contribution in [0.15, 0.2) is 53.6 Å². The molecule has 0 bridgehead atoms. The van der Waals surface area contributed by atoms with Crippen molar-refractivity contribution in [1.82, 2.24) is 0 Å². The summed E-state index contributed by atoms with van der Waals surface area (Å²) in [4.78, 5) is 0. The molecule has 0 fully saturated rings. The lowest BCUT2D eigenvalue weighted by atomic mass is 10.1. The van der Waals surface area contributed by atoms with Crippen LogP contribution < -0.4 is 10.7 Å². The molecule has 0 heterocycles. The van der Waals surface area contributed by atoms with Crippen LogP contribution in [0.4, 0.5) is 5.69 Å². The van der Waals surface area contributed by atoms with Gasteiger partial charge in [0, 0.05) is 0 Å². The lowest BCUT2D eigenvalue weighted by Gasteiger charge is -2.17. The standard InChI is InChI=1S/C16H17N3S/c1-12-7-9-15(10-8-12)19(16(17)20)18-11-14-6-4-3-5-13(14)2/h3-11H,1-2H3,(H2,17,20). The van der Waals surface area contributed by atoms with E-state index in [1.165, 1.54) is 5.56 Å². The first kappa shape index (κ1) is 14.2. The topological polar surface area (TPSA) is 41.6 Å². The largest absolute Gasteiger partial charge is 0.374 e. The quantitative estimate of drug-likeness (QED) is 0.533. The van der Waals surface area contributed by atoms with Crippen LogP contribution in [0.1, 0.15) is 16.7 Å². The van der Waals surface area contributed by atoms with Gasteiger partial charge in [0.25, 0.3) is 0 Å². The lowest BCUT2D eigenvalue weighted by Crippen LogP contribution is -2.30. The molecule has 20 heavy (non-hydrogen) atoms. The molecule has 0 aromatic heterocycles. The fourth-order valence-electron chi connectivity index (χ4n) is 1.79. The van der Waals surface area contributed by atoms with Gasteiger partial charge in [-0.15, -0.1) is 0 Å². The van der Waals surface area contributed by atoms with E-state index in [1.54, 1.807) is 11.2 Å². The molecule has 2 N–H and O–H groups in total. The Balaban J connectivity index is 2.29. The Morgan fingerprint density at radius 3 is 2.35 bits per heavy atom. The van der Waals surface area contributed by atoms with E-state index < -0.39 is 0 Å². The van der Waals surface area contributed by atoms with Gasteiger partial charge in [-0.3, -0.25) is 0 Å². The zero-order chi connectivity index (χ0) is 14.5. The monoisotopic (exact) mass is 283 g/mol. The molecule has 2 aromatic carbocycles. The van der Waals surface area contributed by atoms with Gasteiger partial charge in [-0.1, -0.05) is 42.0 Å². The number of nitrogens with zero attached hydrogens (tertiary/aromatic N) is 2. The molecule has 4 heteroatoms. The van der Waals surface area contributed by atoms with Gasteiger partial charge in [0.2, 0.25) is 0 Å². The van der Waals surface area contributed by atoms with E-state index in [2.05, 4.69) is 5.10 Å². The fourth-order valence-corrected chi connectivity index (χ4v) is 1.94. The highest BCUT2D eigenvalue weighted by molar-refractivity contribution is 7.80. The van der Waals surface area contributed by atoms with Crippen molar-refractivity contribution in [3.05, 3.63) is 65.2 Å². The fraction of sp³-hybridized carbons (Fsp3) is 0.125. The number of anilines is 1. The van der Waals surface area contributed by atoms with E-state index in [0.29, 0.717) is 0 Å². The van der Waals surface area contributed by atoms with Crippen LogP contribution in [0.3, 0.4) is 0 Å². The number of thiocarbonyl (C=S) groups is 1. The SMILES string of the molecule is Cc1ccc(N(N=Cc2ccccc2C)C(N)=S)cc1. The summed E-state index contributed by atoms with van der Waals surface area (Å²) in [6.07, 6.45) is 1.77. The van der Waals surface area contributed by atoms with Crippen LogP contribution >= 0.6 is 12.2 Å². The van der Waals surface area contributed by atoms with Crippen molar-refractivity contribution in [2.75, 3.05) is 5.01 Å². The third-order valence-electron chi connectivity index (χ3n) is 2.99. The van der Waals surface area contributed by atoms with Gasteiger partial charge in [0.15, 0.2) is 5.11 Å². The Morgan fingerprint density at radius 1 is 1.10 bits per heavy atom. The van der Waals surface area contributed by atoms with Gasteiger partial charge in [0.1, 0.15) is 0 Å². The maximum atomic E-state index is 5.75. The third-order valence-corrected chi connectivity index (χ3v) is 3.16. The van der Waals surface area contributed by atoms with Crippen molar-refractivity contribution >= 4 is 29.2 Å².